The van der Waals surface area contributed by atoms with Gasteiger partial charge in [-0.15, -0.1) is 12.8 Å². The minimum atomic E-state index is 0. The Labute approximate surface area is 230 Å². The molecule has 0 aromatic heterocycles. The van der Waals surface area contributed by atoms with Crippen LogP contribution >= 0.6 is 0 Å². The third-order valence-electron chi connectivity index (χ3n) is 11.0. The van der Waals surface area contributed by atoms with E-state index in [-0.39, 0.29) is 7.43 Å². The first-order valence-electron chi connectivity index (χ1n) is 15.6. The van der Waals surface area contributed by atoms with Gasteiger partial charge in [-0.25, -0.2) is 0 Å². The minimum Gasteiger partial charge on any atom is -0.124 e. The normalized spacial score (nSPS) is 38.4. The van der Waals surface area contributed by atoms with Gasteiger partial charge in [0.05, 0.1) is 0 Å². The van der Waals surface area contributed by atoms with Crippen LogP contribution in [0.4, 0.5) is 0 Å². The van der Waals surface area contributed by atoms with Crippen LogP contribution in [0.2, 0.25) is 0 Å². The Morgan fingerprint density at radius 3 is 2.00 bits per heavy atom. The summed E-state index contributed by atoms with van der Waals surface area (Å²) in [5.74, 6) is 5.61. The predicted octanol–water partition coefficient (Wildman–Crippen LogP) is 12.0. The lowest BCUT2D eigenvalue weighted by Crippen LogP contribution is -2.52. The van der Waals surface area contributed by atoms with Crippen molar-refractivity contribution >= 4 is 0 Å². The summed E-state index contributed by atoms with van der Waals surface area (Å²) in [5, 5.41) is 0. The highest BCUT2D eigenvalue weighted by atomic mass is 14.6. The van der Waals surface area contributed by atoms with Crippen LogP contribution in [0.3, 0.4) is 0 Å². The lowest BCUT2D eigenvalue weighted by Gasteiger charge is -2.60. The van der Waals surface area contributed by atoms with E-state index in [0.29, 0.717) is 16.2 Å². The molecular weight excluding hydrogens is 432 g/mol. The topological polar surface area (TPSA) is 0 Å². The van der Waals surface area contributed by atoms with E-state index in [1.807, 2.05) is 33.3 Å². The average molecular weight is 501 g/mol. The van der Waals surface area contributed by atoms with Crippen molar-refractivity contribution in [3.63, 3.8) is 0 Å². The lowest BCUT2D eigenvalue weighted by molar-refractivity contribution is -0.0777. The van der Waals surface area contributed by atoms with Crippen LogP contribution < -0.4 is 0 Å². The van der Waals surface area contributed by atoms with Gasteiger partial charge in [-0.3, -0.25) is 0 Å². The zero-order valence-electron chi connectivity index (χ0n) is 26.0. The van der Waals surface area contributed by atoms with Crippen LogP contribution in [0.1, 0.15) is 154 Å². The molecule has 36 heavy (non-hydrogen) atoms. The number of fused-ring (bicyclic) bond motifs is 5. The molecule has 0 amide bonds. The Balaban J connectivity index is 0.00000163. The van der Waals surface area contributed by atoms with Gasteiger partial charge in [0.25, 0.3) is 0 Å². The summed E-state index contributed by atoms with van der Waals surface area (Å²) in [7, 11) is 0. The standard InChI is InChI=1S/C29H50.2C2H6.C2H2.CH4/c1-20-11-14-24-23(21(20)2)13-16-26-25-15-12-22(10-8-9-17-27(3,4)5)28(25,6)18-19-29(24,26)7;3*1-2;/h13,20-22,24-26H,8-12,14-19H2,1-7H3;2*1-2H3;1-2H;1H4. The fourth-order valence-corrected chi connectivity index (χ4v) is 8.76. The van der Waals surface area contributed by atoms with Gasteiger partial charge in [0, 0.05) is 0 Å². The zero-order valence-corrected chi connectivity index (χ0v) is 26.0. The van der Waals surface area contributed by atoms with Crippen molar-refractivity contribution in [3.05, 3.63) is 11.6 Å². The highest BCUT2D eigenvalue weighted by molar-refractivity contribution is 5.25. The molecule has 0 aliphatic heterocycles. The third-order valence-corrected chi connectivity index (χ3v) is 11.0. The minimum absolute atomic E-state index is 0. The van der Waals surface area contributed by atoms with Crippen LogP contribution in [0.5, 0.6) is 0 Å². The smallest absolute Gasteiger partial charge is 0.0143 e. The van der Waals surface area contributed by atoms with Gasteiger partial charge in [0.1, 0.15) is 0 Å². The molecule has 212 valence electrons. The maximum absolute atomic E-state index is 4.00. The second-order valence-electron chi connectivity index (χ2n) is 13.6. The van der Waals surface area contributed by atoms with E-state index in [4.69, 9.17) is 0 Å². The van der Waals surface area contributed by atoms with Crippen molar-refractivity contribution in [2.45, 2.75) is 154 Å². The van der Waals surface area contributed by atoms with E-state index >= 15 is 0 Å². The van der Waals surface area contributed by atoms with Crippen molar-refractivity contribution in [2.75, 3.05) is 0 Å². The second kappa shape index (κ2) is 15.0. The molecular formula is C36H68. The molecule has 0 radical (unpaired) electrons. The summed E-state index contributed by atoms with van der Waals surface area (Å²) in [6.07, 6.45) is 27.0. The Bertz CT molecular complexity index is 659. The third kappa shape index (κ3) is 7.23. The molecule has 0 heteroatoms. The summed E-state index contributed by atoms with van der Waals surface area (Å²) in [6.45, 7) is 25.7. The van der Waals surface area contributed by atoms with Gasteiger partial charge in [-0.2, -0.15) is 0 Å². The first-order chi connectivity index (χ1) is 16.6. The van der Waals surface area contributed by atoms with Gasteiger partial charge in [-0.1, -0.05) is 108 Å². The van der Waals surface area contributed by atoms with E-state index < -0.39 is 0 Å². The summed E-state index contributed by atoms with van der Waals surface area (Å²) in [5.41, 5.74) is 3.63. The molecule has 0 aromatic rings. The van der Waals surface area contributed by atoms with Crippen molar-refractivity contribution in [2.24, 2.45) is 51.8 Å². The van der Waals surface area contributed by atoms with Gasteiger partial charge < -0.3 is 0 Å². The average Bonchev–Trinajstić information content (AvgIpc) is 3.18. The Kier molecular flexibility index (Phi) is 14.7. The van der Waals surface area contributed by atoms with Crippen LogP contribution in [-0.2, 0) is 0 Å². The molecule has 0 aromatic carbocycles. The van der Waals surface area contributed by atoms with Crippen LogP contribution in [0, 0.1) is 64.6 Å². The first-order valence-corrected chi connectivity index (χ1v) is 15.6. The summed E-state index contributed by atoms with van der Waals surface area (Å²) in [6, 6.07) is 0. The second-order valence-corrected chi connectivity index (χ2v) is 13.6. The number of allylic oxidation sites excluding steroid dienone is 2. The van der Waals surface area contributed by atoms with Crippen LogP contribution in [0.25, 0.3) is 0 Å². The highest BCUT2D eigenvalue weighted by Crippen LogP contribution is 2.68. The SMILES string of the molecule is C.C#C.CC.CC.CC1CCC2C(=CCC3C4CCC(CCCCC(C)(C)C)C4(C)CCC23C)C1C. The number of rotatable bonds is 4. The predicted molar refractivity (Wildman–Crippen MR) is 166 cm³/mol. The van der Waals surface area contributed by atoms with E-state index in [9.17, 15) is 0 Å². The molecule has 3 fully saturated rings. The van der Waals surface area contributed by atoms with Gasteiger partial charge in [0.15, 0.2) is 0 Å². The van der Waals surface area contributed by atoms with E-state index in [0.717, 1.165) is 35.5 Å². The summed E-state index contributed by atoms with van der Waals surface area (Å²) in [4.78, 5) is 0. The fraction of sp³-hybridized carbons (Fsp3) is 0.889. The lowest BCUT2D eigenvalue weighted by atomic mass is 9.44. The number of hydrogen-bond acceptors (Lipinski definition) is 0. The molecule has 0 nitrogen and oxygen atoms in total. The maximum Gasteiger partial charge on any atom is -0.0143 e. The summed E-state index contributed by atoms with van der Waals surface area (Å²) >= 11 is 0. The number of unbranched alkanes of at least 4 members (excludes halogenated alkanes) is 1. The molecule has 0 saturated heterocycles. The van der Waals surface area contributed by atoms with Crippen molar-refractivity contribution in [1.29, 1.82) is 0 Å². The molecule has 4 aliphatic carbocycles. The first kappa shape index (κ1) is 35.3. The van der Waals surface area contributed by atoms with E-state index in [2.05, 4.69) is 67.4 Å². The maximum atomic E-state index is 4.00. The summed E-state index contributed by atoms with van der Waals surface area (Å²) < 4.78 is 0. The molecule has 0 heterocycles. The molecule has 8 unspecified atom stereocenters. The quantitative estimate of drug-likeness (QED) is 0.204. The molecule has 4 rings (SSSR count). The van der Waals surface area contributed by atoms with Gasteiger partial charge >= 0.3 is 0 Å². The Morgan fingerprint density at radius 1 is 0.833 bits per heavy atom. The molecule has 0 bridgehead atoms. The Morgan fingerprint density at radius 2 is 1.42 bits per heavy atom. The monoisotopic (exact) mass is 501 g/mol. The largest absolute Gasteiger partial charge is 0.124 e. The number of hydrogen-bond donors (Lipinski definition) is 0. The number of terminal acetylenes is 1. The zero-order chi connectivity index (χ0) is 27.0. The van der Waals surface area contributed by atoms with Crippen LogP contribution in [-0.4, -0.2) is 0 Å². The van der Waals surface area contributed by atoms with E-state index in [1.54, 1.807) is 0 Å². The van der Waals surface area contributed by atoms with Crippen molar-refractivity contribution < 1.29 is 0 Å². The highest BCUT2D eigenvalue weighted by Gasteiger charge is 2.60. The fourth-order valence-electron chi connectivity index (χ4n) is 8.76. The molecule has 4 aliphatic rings. The molecule has 3 saturated carbocycles. The molecule has 0 N–H and O–H groups in total. The van der Waals surface area contributed by atoms with Gasteiger partial charge in [-0.05, 0) is 110 Å². The Hall–Kier alpha value is -0.700. The molecule has 0 spiro atoms. The van der Waals surface area contributed by atoms with Crippen molar-refractivity contribution in [1.82, 2.24) is 0 Å². The molecule has 8 atom stereocenters. The van der Waals surface area contributed by atoms with Gasteiger partial charge in [0.2, 0.25) is 0 Å². The van der Waals surface area contributed by atoms with Crippen LogP contribution in [0.15, 0.2) is 11.6 Å². The van der Waals surface area contributed by atoms with Crippen molar-refractivity contribution in [3.8, 4) is 12.8 Å². The van der Waals surface area contributed by atoms with E-state index in [1.165, 1.54) is 70.6 Å².